The van der Waals surface area contributed by atoms with E-state index in [9.17, 15) is 9.59 Å². The number of rotatable bonds is 8. The third-order valence-electron chi connectivity index (χ3n) is 3.15. The van der Waals surface area contributed by atoms with Crippen LogP contribution in [0.2, 0.25) is 0 Å². The second kappa shape index (κ2) is 7.42. The van der Waals surface area contributed by atoms with E-state index in [2.05, 4.69) is 6.92 Å². The molecule has 1 heterocycles. The molecule has 0 aromatic heterocycles. The smallest absolute Gasteiger partial charge is 0.316 e. The average Bonchev–Trinajstić information content (AvgIpc) is 2.64. The average molecular weight is 226 g/mol. The second-order valence-electron chi connectivity index (χ2n) is 4.59. The number of carbonyl (C=O) groups excluding carboxylic acids is 2. The van der Waals surface area contributed by atoms with Crippen molar-refractivity contribution in [3.05, 3.63) is 0 Å². The molecule has 3 heteroatoms. The molecule has 2 unspecified atom stereocenters. The Morgan fingerprint density at radius 1 is 1.25 bits per heavy atom. The van der Waals surface area contributed by atoms with Gasteiger partial charge in [-0.1, -0.05) is 39.0 Å². The van der Waals surface area contributed by atoms with Crippen LogP contribution in [0.1, 0.15) is 58.3 Å². The van der Waals surface area contributed by atoms with Gasteiger partial charge in [-0.3, -0.25) is 4.79 Å². The standard InChI is InChI=1S/C13H22O3/c1-2-3-4-5-6-7-8-12-9-11(10-14)13(15)16-12/h10-12H,2-9H2,1H3. The minimum atomic E-state index is -0.495. The molecule has 3 nitrogen and oxygen atoms in total. The van der Waals surface area contributed by atoms with Crippen LogP contribution in [0.15, 0.2) is 0 Å². The summed E-state index contributed by atoms with van der Waals surface area (Å²) < 4.78 is 5.12. The lowest BCUT2D eigenvalue weighted by Crippen LogP contribution is -2.08. The van der Waals surface area contributed by atoms with Crippen LogP contribution in [0.25, 0.3) is 0 Å². The predicted octanol–water partition coefficient (Wildman–Crippen LogP) is 2.87. The first-order chi connectivity index (χ1) is 7.77. The molecule has 0 spiro atoms. The number of cyclic esters (lactones) is 1. The summed E-state index contributed by atoms with van der Waals surface area (Å²) in [5, 5.41) is 0. The highest BCUT2D eigenvalue weighted by Crippen LogP contribution is 2.23. The third kappa shape index (κ3) is 4.33. The number of hydrogen-bond acceptors (Lipinski definition) is 3. The molecule has 1 fully saturated rings. The maximum Gasteiger partial charge on any atom is 0.316 e. The molecule has 0 aliphatic carbocycles. The zero-order chi connectivity index (χ0) is 11.8. The van der Waals surface area contributed by atoms with Gasteiger partial charge in [-0.15, -0.1) is 0 Å². The Hall–Kier alpha value is -0.860. The van der Waals surface area contributed by atoms with Crippen LogP contribution >= 0.6 is 0 Å². The van der Waals surface area contributed by atoms with Gasteiger partial charge >= 0.3 is 5.97 Å². The lowest BCUT2D eigenvalue weighted by atomic mass is 10.0. The fourth-order valence-corrected chi connectivity index (χ4v) is 2.12. The zero-order valence-corrected chi connectivity index (χ0v) is 10.1. The number of aldehydes is 1. The second-order valence-corrected chi connectivity index (χ2v) is 4.59. The molecule has 16 heavy (non-hydrogen) atoms. The number of unbranched alkanes of at least 4 members (excludes halogenated alkanes) is 5. The SMILES string of the molecule is CCCCCCCCC1CC(C=O)C(=O)O1. The molecule has 0 radical (unpaired) electrons. The minimum Gasteiger partial charge on any atom is -0.462 e. The summed E-state index contributed by atoms with van der Waals surface area (Å²) in [4.78, 5) is 21.6. The highest BCUT2D eigenvalue weighted by atomic mass is 16.6. The first kappa shape index (κ1) is 13.2. The molecule has 2 atom stereocenters. The fourth-order valence-electron chi connectivity index (χ4n) is 2.12. The van der Waals surface area contributed by atoms with E-state index in [1.807, 2.05) is 0 Å². The summed E-state index contributed by atoms with van der Waals surface area (Å²) in [6.07, 6.45) is 9.68. The van der Waals surface area contributed by atoms with Gasteiger partial charge in [0.1, 0.15) is 18.3 Å². The third-order valence-corrected chi connectivity index (χ3v) is 3.15. The van der Waals surface area contributed by atoms with E-state index >= 15 is 0 Å². The lowest BCUT2D eigenvalue weighted by molar-refractivity contribution is -0.145. The molecule has 0 bridgehead atoms. The van der Waals surface area contributed by atoms with Crippen molar-refractivity contribution in [1.82, 2.24) is 0 Å². The summed E-state index contributed by atoms with van der Waals surface area (Å²) in [6.45, 7) is 2.21. The largest absolute Gasteiger partial charge is 0.462 e. The molecule has 0 N–H and O–H groups in total. The van der Waals surface area contributed by atoms with Crippen LogP contribution in [-0.4, -0.2) is 18.4 Å². The Morgan fingerprint density at radius 2 is 1.94 bits per heavy atom. The number of carbonyl (C=O) groups is 2. The van der Waals surface area contributed by atoms with E-state index in [-0.39, 0.29) is 12.1 Å². The molecule has 0 aromatic rings. The van der Waals surface area contributed by atoms with Crippen LogP contribution in [0.3, 0.4) is 0 Å². The highest BCUT2D eigenvalue weighted by molar-refractivity contribution is 5.89. The van der Waals surface area contributed by atoms with Gasteiger partial charge in [0.05, 0.1) is 0 Å². The molecule has 0 amide bonds. The van der Waals surface area contributed by atoms with Gasteiger partial charge in [0.15, 0.2) is 0 Å². The van der Waals surface area contributed by atoms with Crippen molar-refractivity contribution in [3.63, 3.8) is 0 Å². The number of hydrogen-bond donors (Lipinski definition) is 0. The van der Waals surface area contributed by atoms with Gasteiger partial charge in [0.2, 0.25) is 0 Å². The van der Waals surface area contributed by atoms with E-state index < -0.39 is 5.92 Å². The molecule has 0 aromatic carbocycles. The first-order valence-corrected chi connectivity index (χ1v) is 6.43. The molecule has 1 rings (SSSR count). The van der Waals surface area contributed by atoms with Crippen molar-refractivity contribution < 1.29 is 14.3 Å². The highest BCUT2D eigenvalue weighted by Gasteiger charge is 2.33. The number of ether oxygens (including phenoxy) is 1. The molecule has 0 saturated carbocycles. The summed E-state index contributed by atoms with van der Waals surface area (Å²) >= 11 is 0. The Morgan fingerprint density at radius 3 is 2.56 bits per heavy atom. The van der Waals surface area contributed by atoms with Crippen molar-refractivity contribution in [3.8, 4) is 0 Å². The molecular weight excluding hydrogens is 204 g/mol. The Kier molecular flexibility index (Phi) is 6.12. The van der Waals surface area contributed by atoms with Gasteiger partial charge in [-0.05, 0) is 12.8 Å². The monoisotopic (exact) mass is 226 g/mol. The van der Waals surface area contributed by atoms with E-state index in [4.69, 9.17) is 4.74 Å². The molecule has 1 saturated heterocycles. The van der Waals surface area contributed by atoms with Crippen molar-refractivity contribution >= 4 is 12.3 Å². The maximum absolute atomic E-state index is 11.1. The van der Waals surface area contributed by atoms with Crippen LogP contribution in [-0.2, 0) is 14.3 Å². The normalized spacial score (nSPS) is 24.4. The quantitative estimate of drug-likeness (QED) is 0.276. The molecule has 92 valence electrons. The minimum absolute atomic E-state index is 0.00567. The van der Waals surface area contributed by atoms with Gasteiger partial charge < -0.3 is 9.53 Å². The molecule has 1 aliphatic rings. The maximum atomic E-state index is 11.1. The van der Waals surface area contributed by atoms with Crippen LogP contribution < -0.4 is 0 Å². The molecule has 1 aliphatic heterocycles. The Labute approximate surface area is 97.5 Å². The van der Waals surface area contributed by atoms with E-state index in [1.165, 1.54) is 32.1 Å². The van der Waals surface area contributed by atoms with Crippen LogP contribution in [0.4, 0.5) is 0 Å². The van der Waals surface area contributed by atoms with Crippen molar-refractivity contribution in [2.24, 2.45) is 5.92 Å². The van der Waals surface area contributed by atoms with Crippen molar-refractivity contribution in [2.45, 2.75) is 64.4 Å². The van der Waals surface area contributed by atoms with Crippen molar-refractivity contribution in [2.75, 3.05) is 0 Å². The van der Waals surface area contributed by atoms with E-state index in [0.717, 1.165) is 12.8 Å². The first-order valence-electron chi connectivity index (χ1n) is 6.43. The van der Waals surface area contributed by atoms with E-state index in [0.29, 0.717) is 12.7 Å². The number of esters is 1. The summed E-state index contributed by atoms with van der Waals surface area (Å²) in [7, 11) is 0. The van der Waals surface area contributed by atoms with Crippen molar-refractivity contribution in [1.29, 1.82) is 0 Å². The Balaban J connectivity index is 2.02. The topological polar surface area (TPSA) is 43.4 Å². The lowest BCUT2D eigenvalue weighted by Gasteiger charge is -2.07. The molecular formula is C13H22O3. The summed E-state index contributed by atoms with van der Waals surface area (Å²) in [5.41, 5.74) is 0. The predicted molar refractivity (Wildman–Crippen MR) is 62.0 cm³/mol. The Bertz CT molecular complexity index is 225. The zero-order valence-electron chi connectivity index (χ0n) is 10.1. The van der Waals surface area contributed by atoms with Crippen LogP contribution in [0.5, 0.6) is 0 Å². The van der Waals surface area contributed by atoms with Gasteiger partial charge in [-0.25, -0.2) is 0 Å². The van der Waals surface area contributed by atoms with Gasteiger partial charge in [0.25, 0.3) is 0 Å². The summed E-state index contributed by atoms with van der Waals surface area (Å²) in [5.74, 6) is -0.823. The van der Waals surface area contributed by atoms with Gasteiger partial charge in [0, 0.05) is 6.42 Å². The fraction of sp³-hybridized carbons (Fsp3) is 0.846. The summed E-state index contributed by atoms with van der Waals surface area (Å²) in [6, 6.07) is 0. The van der Waals surface area contributed by atoms with E-state index in [1.54, 1.807) is 0 Å². The van der Waals surface area contributed by atoms with Gasteiger partial charge in [-0.2, -0.15) is 0 Å². The van der Waals surface area contributed by atoms with Crippen LogP contribution in [0, 0.1) is 5.92 Å².